The van der Waals surface area contributed by atoms with Crippen molar-refractivity contribution >= 4 is 28.8 Å². The molecule has 0 saturated heterocycles. The van der Waals surface area contributed by atoms with Gasteiger partial charge in [0.1, 0.15) is 11.9 Å². The number of carbonyl (C=O) groups is 2. The lowest BCUT2D eigenvalue weighted by Crippen LogP contribution is -2.38. The highest BCUT2D eigenvalue weighted by Crippen LogP contribution is 2.25. The first kappa shape index (κ1) is 18.0. The number of aryl methyl sites for hydroxylation is 1. The summed E-state index contributed by atoms with van der Waals surface area (Å²) in [6, 6.07) is 7.26. The molecule has 7 heteroatoms. The number of nitrogens with one attached hydrogen (secondary N) is 2. The van der Waals surface area contributed by atoms with Crippen LogP contribution < -0.4 is 15.4 Å². The number of hydrogen-bond acceptors (Lipinski definition) is 5. The van der Waals surface area contributed by atoms with Crippen LogP contribution in [0.2, 0.25) is 0 Å². The molecule has 0 aliphatic carbocycles. The number of carbonyl (C=O) groups excluding carboxylic acids is 2. The van der Waals surface area contributed by atoms with Gasteiger partial charge in [0, 0.05) is 13.7 Å². The number of ether oxygens (including phenoxy) is 2. The fraction of sp³-hybridized carbons (Fsp3) is 0.294. The highest BCUT2D eigenvalue weighted by Gasteiger charge is 2.18. The lowest BCUT2D eigenvalue weighted by atomic mass is 10.2. The minimum absolute atomic E-state index is 0.213. The molecule has 2 N–H and O–H groups in total. The van der Waals surface area contributed by atoms with Crippen LogP contribution in [0.5, 0.6) is 5.75 Å². The van der Waals surface area contributed by atoms with Crippen molar-refractivity contribution in [3.63, 3.8) is 0 Å². The number of hydrogen-bond donors (Lipinski definition) is 2. The Bertz CT molecular complexity index is 701. The van der Waals surface area contributed by atoms with E-state index in [4.69, 9.17) is 9.47 Å². The Balaban J connectivity index is 1.95. The number of benzene rings is 1. The average Bonchev–Trinajstić information content (AvgIpc) is 3.10. The average molecular weight is 348 g/mol. The van der Waals surface area contributed by atoms with Crippen molar-refractivity contribution < 1.29 is 19.1 Å². The molecule has 1 heterocycles. The molecule has 6 nitrogen and oxygen atoms in total. The summed E-state index contributed by atoms with van der Waals surface area (Å²) in [5, 5.41) is 9.02. The molecule has 128 valence electrons. The molecule has 0 fully saturated rings. The standard InChI is InChI=1S/C17H20N2O4S/c1-11-4-5-14(22-2)13(8-11)19-17(21)16(20)18-9-15(23-3)12-6-7-24-10-12/h4-8,10,15H,9H2,1-3H3,(H,18,20)(H,19,21). The zero-order valence-corrected chi connectivity index (χ0v) is 14.6. The number of methoxy groups -OCH3 is 2. The molecule has 24 heavy (non-hydrogen) atoms. The fourth-order valence-electron chi connectivity index (χ4n) is 2.16. The van der Waals surface area contributed by atoms with Crippen LogP contribution >= 0.6 is 11.3 Å². The Morgan fingerprint density at radius 2 is 2.00 bits per heavy atom. The first-order valence-electron chi connectivity index (χ1n) is 7.34. The molecular weight excluding hydrogens is 328 g/mol. The van der Waals surface area contributed by atoms with Crippen LogP contribution in [-0.4, -0.2) is 32.6 Å². The van der Waals surface area contributed by atoms with Gasteiger partial charge in [0.2, 0.25) is 0 Å². The van der Waals surface area contributed by atoms with Crippen LogP contribution in [0.3, 0.4) is 0 Å². The molecule has 1 unspecified atom stereocenters. The van der Waals surface area contributed by atoms with E-state index in [1.807, 2.05) is 29.8 Å². The van der Waals surface area contributed by atoms with E-state index in [2.05, 4.69) is 10.6 Å². The number of anilines is 1. The third-order valence-corrected chi connectivity index (χ3v) is 4.16. The van der Waals surface area contributed by atoms with E-state index in [1.54, 1.807) is 30.6 Å². The van der Waals surface area contributed by atoms with Crippen LogP contribution in [0.1, 0.15) is 17.2 Å². The lowest BCUT2D eigenvalue weighted by Gasteiger charge is -2.15. The molecule has 2 rings (SSSR count). The largest absolute Gasteiger partial charge is 0.495 e. The normalized spacial score (nSPS) is 11.6. The van der Waals surface area contributed by atoms with Crippen molar-refractivity contribution in [2.45, 2.75) is 13.0 Å². The van der Waals surface area contributed by atoms with Gasteiger partial charge in [-0.2, -0.15) is 11.3 Å². The second-order valence-corrected chi connectivity index (χ2v) is 5.93. The van der Waals surface area contributed by atoms with E-state index < -0.39 is 11.8 Å². The highest BCUT2D eigenvalue weighted by atomic mass is 32.1. The van der Waals surface area contributed by atoms with Crippen molar-refractivity contribution in [3.05, 3.63) is 46.2 Å². The van der Waals surface area contributed by atoms with Gasteiger partial charge >= 0.3 is 11.8 Å². The number of thiophene rings is 1. The van der Waals surface area contributed by atoms with E-state index in [-0.39, 0.29) is 12.6 Å². The van der Waals surface area contributed by atoms with Gasteiger partial charge in [0.15, 0.2) is 0 Å². The maximum Gasteiger partial charge on any atom is 0.313 e. The third kappa shape index (κ3) is 4.56. The zero-order chi connectivity index (χ0) is 17.5. The van der Waals surface area contributed by atoms with Crippen molar-refractivity contribution in [1.82, 2.24) is 5.32 Å². The molecule has 1 aromatic carbocycles. The van der Waals surface area contributed by atoms with Gasteiger partial charge in [-0.15, -0.1) is 0 Å². The summed E-state index contributed by atoms with van der Waals surface area (Å²) in [7, 11) is 3.07. The molecule has 0 spiro atoms. The van der Waals surface area contributed by atoms with E-state index in [0.29, 0.717) is 11.4 Å². The van der Waals surface area contributed by atoms with E-state index in [9.17, 15) is 9.59 Å². The summed E-state index contributed by atoms with van der Waals surface area (Å²) < 4.78 is 10.5. The minimum Gasteiger partial charge on any atom is -0.495 e. The van der Waals surface area contributed by atoms with Gasteiger partial charge in [0.05, 0.1) is 12.8 Å². The van der Waals surface area contributed by atoms with Crippen molar-refractivity contribution in [2.75, 3.05) is 26.1 Å². The van der Waals surface area contributed by atoms with Gasteiger partial charge < -0.3 is 20.1 Å². The molecule has 0 saturated carbocycles. The Hall–Kier alpha value is -2.38. The quantitative estimate of drug-likeness (QED) is 0.787. The predicted molar refractivity (Wildman–Crippen MR) is 93.4 cm³/mol. The predicted octanol–water partition coefficient (Wildman–Crippen LogP) is 2.51. The van der Waals surface area contributed by atoms with Gasteiger partial charge in [0.25, 0.3) is 0 Å². The van der Waals surface area contributed by atoms with Gasteiger partial charge in [-0.05, 0) is 47.0 Å². The fourth-order valence-corrected chi connectivity index (χ4v) is 2.86. The van der Waals surface area contributed by atoms with E-state index in [1.165, 1.54) is 7.11 Å². The summed E-state index contributed by atoms with van der Waals surface area (Å²) in [5.41, 5.74) is 2.37. The maximum absolute atomic E-state index is 12.1. The van der Waals surface area contributed by atoms with Gasteiger partial charge in [-0.1, -0.05) is 6.07 Å². The summed E-state index contributed by atoms with van der Waals surface area (Å²) in [6.45, 7) is 2.10. The number of amides is 2. The first-order valence-corrected chi connectivity index (χ1v) is 8.28. The summed E-state index contributed by atoms with van der Waals surface area (Å²) in [4.78, 5) is 24.1. The summed E-state index contributed by atoms with van der Waals surface area (Å²) in [5.74, 6) is -0.982. The minimum atomic E-state index is -0.751. The SMILES string of the molecule is COc1ccc(C)cc1NC(=O)C(=O)NCC(OC)c1ccsc1. The molecule has 1 atom stereocenters. The third-order valence-electron chi connectivity index (χ3n) is 3.46. The Labute approximate surface area is 144 Å². The van der Waals surface area contributed by atoms with Crippen molar-refractivity contribution in [3.8, 4) is 5.75 Å². The molecular formula is C17H20N2O4S. The summed E-state index contributed by atoms with van der Waals surface area (Å²) in [6.07, 6.45) is -0.290. The van der Waals surface area contributed by atoms with Crippen molar-refractivity contribution in [2.24, 2.45) is 0 Å². The van der Waals surface area contributed by atoms with Crippen LogP contribution in [0.15, 0.2) is 35.0 Å². The second kappa shape index (κ2) is 8.47. The molecule has 0 aliphatic heterocycles. The molecule has 2 aromatic rings. The Morgan fingerprint density at radius 3 is 2.62 bits per heavy atom. The molecule has 0 radical (unpaired) electrons. The van der Waals surface area contributed by atoms with E-state index >= 15 is 0 Å². The smallest absolute Gasteiger partial charge is 0.313 e. The topological polar surface area (TPSA) is 76.7 Å². The monoisotopic (exact) mass is 348 g/mol. The van der Waals surface area contributed by atoms with Gasteiger partial charge in [-0.3, -0.25) is 9.59 Å². The Kier molecular flexibility index (Phi) is 6.34. The zero-order valence-electron chi connectivity index (χ0n) is 13.8. The van der Waals surface area contributed by atoms with Crippen molar-refractivity contribution in [1.29, 1.82) is 0 Å². The second-order valence-electron chi connectivity index (χ2n) is 5.15. The van der Waals surface area contributed by atoms with Crippen LogP contribution in [0, 0.1) is 6.92 Å². The van der Waals surface area contributed by atoms with Crippen LogP contribution in [0.25, 0.3) is 0 Å². The summed E-state index contributed by atoms with van der Waals surface area (Å²) >= 11 is 1.55. The molecule has 0 bridgehead atoms. The number of rotatable bonds is 6. The van der Waals surface area contributed by atoms with E-state index in [0.717, 1.165) is 11.1 Å². The van der Waals surface area contributed by atoms with Crippen LogP contribution in [0.4, 0.5) is 5.69 Å². The maximum atomic E-state index is 12.1. The molecule has 1 aromatic heterocycles. The molecule has 2 amide bonds. The lowest BCUT2D eigenvalue weighted by molar-refractivity contribution is -0.136. The molecule has 0 aliphatic rings. The van der Waals surface area contributed by atoms with Gasteiger partial charge in [-0.25, -0.2) is 0 Å². The first-order chi connectivity index (χ1) is 11.5. The highest BCUT2D eigenvalue weighted by molar-refractivity contribution is 7.07. The van der Waals surface area contributed by atoms with Crippen LogP contribution in [-0.2, 0) is 14.3 Å². The Morgan fingerprint density at radius 1 is 1.21 bits per heavy atom.